The van der Waals surface area contributed by atoms with Crippen molar-refractivity contribution in [1.82, 2.24) is 24.5 Å². The number of carbonyl (C=O) groups is 1. The fourth-order valence-corrected chi connectivity index (χ4v) is 3.41. The molecule has 0 aliphatic carbocycles. The van der Waals surface area contributed by atoms with Gasteiger partial charge >= 0.3 is 12.4 Å². The first-order valence-corrected chi connectivity index (χ1v) is 10.3. The second-order valence-electron chi connectivity index (χ2n) is 7.94. The number of rotatable bonds is 3. The molecule has 3 aromatic heterocycles. The lowest BCUT2D eigenvalue weighted by Gasteiger charge is -2.11. The first-order valence-electron chi connectivity index (χ1n) is 10.3. The Morgan fingerprint density at radius 3 is 2.21 bits per heavy atom. The van der Waals surface area contributed by atoms with Crippen molar-refractivity contribution >= 4 is 5.91 Å². The molecule has 0 atom stereocenters. The van der Waals surface area contributed by atoms with Gasteiger partial charge in [0, 0.05) is 36.1 Å². The van der Waals surface area contributed by atoms with Gasteiger partial charge in [0.25, 0.3) is 5.91 Å². The van der Waals surface area contributed by atoms with E-state index in [1.54, 1.807) is 19.9 Å². The maximum absolute atomic E-state index is 12.6. The highest BCUT2D eigenvalue weighted by atomic mass is 19.4. The van der Waals surface area contributed by atoms with E-state index in [1.807, 2.05) is 10.7 Å². The van der Waals surface area contributed by atoms with Crippen LogP contribution in [0.3, 0.4) is 0 Å². The number of primary amides is 1. The number of hydrogen-bond acceptors (Lipinski definition) is 4. The smallest absolute Gasteiger partial charge is 0.364 e. The topological polar surface area (TPSA) is 91.6 Å². The van der Waals surface area contributed by atoms with Gasteiger partial charge in [0.05, 0.1) is 5.69 Å². The number of pyridine rings is 1. The molecule has 7 nitrogen and oxygen atoms in total. The van der Waals surface area contributed by atoms with Crippen LogP contribution in [0.5, 0.6) is 0 Å². The summed E-state index contributed by atoms with van der Waals surface area (Å²) >= 11 is 0. The van der Waals surface area contributed by atoms with E-state index in [9.17, 15) is 31.1 Å². The predicted molar refractivity (Wildman–Crippen MR) is 110 cm³/mol. The Morgan fingerprint density at radius 2 is 1.68 bits per heavy atom. The Bertz CT molecular complexity index is 1140. The first-order chi connectivity index (χ1) is 15.8. The Hall–Kier alpha value is -3.38. The van der Waals surface area contributed by atoms with Crippen molar-refractivity contribution in [1.29, 1.82) is 0 Å². The summed E-state index contributed by atoms with van der Waals surface area (Å²) in [4.78, 5) is 14.2. The van der Waals surface area contributed by atoms with Crippen LogP contribution >= 0.6 is 0 Å². The average Bonchev–Trinajstić information content (AvgIpc) is 3.38. The molecule has 13 heteroatoms. The zero-order valence-electron chi connectivity index (χ0n) is 18.3. The Kier molecular flexibility index (Phi) is 7.03. The third-order valence-corrected chi connectivity index (χ3v) is 5.03. The van der Waals surface area contributed by atoms with Gasteiger partial charge in [0.2, 0.25) is 0 Å². The van der Waals surface area contributed by atoms with Crippen molar-refractivity contribution in [3.05, 3.63) is 53.2 Å². The van der Waals surface area contributed by atoms with Crippen molar-refractivity contribution in [3.8, 4) is 11.3 Å². The van der Waals surface area contributed by atoms with Crippen LogP contribution in [-0.4, -0.2) is 30.5 Å². The molecule has 4 heterocycles. The quantitative estimate of drug-likeness (QED) is 0.532. The van der Waals surface area contributed by atoms with Gasteiger partial charge in [-0.25, -0.2) is 0 Å². The van der Waals surface area contributed by atoms with Crippen LogP contribution in [0.15, 0.2) is 30.5 Å². The summed E-state index contributed by atoms with van der Waals surface area (Å²) in [5.41, 5.74) is 4.86. The lowest BCUT2D eigenvalue weighted by molar-refractivity contribution is -0.142. The van der Waals surface area contributed by atoms with Crippen LogP contribution < -0.4 is 5.73 Å². The van der Waals surface area contributed by atoms with Crippen molar-refractivity contribution in [3.63, 3.8) is 0 Å². The molecule has 34 heavy (non-hydrogen) atoms. The van der Waals surface area contributed by atoms with Crippen LogP contribution in [0.4, 0.5) is 26.3 Å². The third-order valence-electron chi connectivity index (χ3n) is 5.03. The molecule has 2 N–H and O–H groups in total. The monoisotopic (exact) mass is 488 g/mol. The summed E-state index contributed by atoms with van der Waals surface area (Å²) in [6, 6.07) is 4.78. The highest BCUT2D eigenvalue weighted by molar-refractivity contribution is 5.91. The van der Waals surface area contributed by atoms with Gasteiger partial charge in [-0.15, -0.1) is 0 Å². The fraction of sp³-hybridized carbons (Fsp3) is 0.429. The summed E-state index contributed by atoms with van der Waals surface area (Å²) in [6.45, 7) is 4.06. The van der Waals surface area contributed by atoms with Crippen molar-refractivity contribution in [2.24, 2.45) is 5.73 Å². The van der Waals surface area contributed by atoms with Crippen LogP contribution in [0.1, 0.15) is 60.3 Å². The van der Waals surface area contributed by atoms with Crippen molar-refractivity contribution in [2.45, 2.75) is 58.0 Å². The summed E-state index contributed by atoms with van der Waals surface area (Å²) in [6.07, 6.45) is -4.70. The van der Waals surface area contributed by atoms with Crippen LogP contribution in [0.2, 0.25) is 0 Å². The van der Waals surface area contributed by atoms with E-state index in [2.05, 4.69) is 15.2 Å². The van der Waals surface area contributed by atoms with Crippen LogP contribution in [0, 0.1) is 0 Å². The molecule has 0 saturated heterocycles. The predicted octanol–water partition coefficient (Wildman–Crippen LogP) is 4.88. The number of amides is 1. The number of hydrogen-bond donors (Lipinski definition) is 1. The summed E-state index contributed by atoms with van der Waals surface area (Å²) in [5.74, 6) is -0.924. The molecule has 1 amide bonds. The van der Waals surface area contributed by atoms with Gasteiger partial charge in [-0.3, -0.25) is 19.1 Å². The van der Waals surface area contributed by atoms with E-state index < -0.39 is 29.6 Å². The van der Waals surface area contributed by atoms with E-state index in [0.717, 1.165) is 42.2 Å². The number of aryl methyl sites for hydroxylation is 2. The molecule has 0 spiro atoms. The molecule has 0 saturated carbocycles. The molecule has 3 aromatic rings. The normalized spacial score (nSPS) is 13.9. The van der Waals surface area contributed by atoms with Crippen LogP contribution in [-0.2, 0) is 25.3 Å². The highest BCUT2D eigenvalue weighted by Crippen LogP contribution is 2.31. The van der Waals surface area contributed by atoms with E-state index in [1.165, 1.54) is 6.20 Å². The van der Waals surface area contributed by atoms with Gasteiger partial charge < -0.3 is 5.73 Å². The number of nitrogens with two attached hydrogens (primary N) is 1. The largest absolute Gasteiger partial charge is 0.435 e. The first kappa shape index (κ1) is 25.2. The molecule has 0 aromatic carbocycles. The van der Waals surface area contributed by atoms with E-state index in [4.69, 9.17) is 5.73 Å². The number of halogens is 6. The van der Waals surface area contributed by atoms with Gasteiger partial charge in [-0.2, -0.15) is 36.5 Å². The molecule has 0 fully saturated rings. The maximum Gasteiger partial charge on any atom is 0.435 e. The summed E-state index contributed by atoms with van der Waals surface area (Å²) < 4.78 is 77.6. The lowest BCUT2D eigenvalue weighted by Crippen LogP contribution is -2.18. The minimum Gasteiger partial charge on any atom is -0.364 e. The van der Waals surface area contributed by atoms with Gasteiger partial charge in [0.1, 0.15) is 11.4 Å². The van der Waals surface area contributed by atoms with Gasteiger partial charge in [-0.1, -0.05) is 0 Å². The summed E-state index contributed by atoms with van der Waals surface area (Å²) in [5, 5.41) is 7.66. The molecular formula is C21H22F6N6O. The van der Waals surface area contributed by atoms with Gasteiger partial charge in [-0.05, 0) is 51.3 Å². The molecule has 0 radical (unpaired) electrons. The molecule has 4 rings (SSSR count). The van der Waals surface area contributed by atoms with E-state index in [-0.39, 0.29) is 11.7 Å². The summed E-state index contributed by atoms with van der Waals surface area (Å²) in [7, 11) is 0. The van der Waals surface area contributed by atoms with Crippen molar-refractivity contribution in [2.75, 3.05) is 0 Å². The standard InChI is InChI=1S/C13H12F3N3.C8H10F3N3O/c14-13(15,16)12-7-9(4-5-17-12)11-8-10-3-1-2-6-19(10)18-11;1-4(2)14-5(7(12)15)3-6(13-14)8(9,10)11/h4-5,7-8H,1-3,6H2;3-4H,1-2H3,(H2,12,15). The lowest BCUT2D eigenvalue weighted by atomic mass is 10.1. The Morgan fingerprint density at radius 1 is 1.00 bits per heavy atom. The number of nitrogens with zero attached hydrogens (tertiary/aromatic N) is 5. The molecule has 184 valence electrons. The zero-order chi connectivity index (χ0) is 25.3. The van der Waals surface area contributed by atoms with Crippen molar-refractivity contribution < 1.29 is 31.1 Å². The highest BCUT2D eigenvalue weighted by Gasteiger charge is 2.36. The zero-order valence-corrected chi connectivity index (χ0v) is 18.3. The van der Waals surface area contributed by atoms with E-state index in [0.29, 0.717) is 17.3 Å². The third kappa shape index (κ3) is 5.75. The van der Waals surface area contributed by atoms with E-state index >= 15 is 0 Å². The maximum atomic E-state index is 12.6. The molecule has 0 unspecified atom stereocenters. The SMILES string of the molecule is CC(C)n1nc(C(F)(F)F)cc1C(N)=O.FC(F)(F)c1cc(-c2cc3n(n2)CCCC3)ccn1. The number of carbonyl (C=O) groups excluding carboxylic acids is 1. The molecular weight excluding hydrogens is 466 g/mol. The average molecular weight is 488 g/mol. The molecule has 1 aliphatic rings. The van der Waals surface area contributed by atoms with Crippen LogP contribution in [0.25, 0.3) is 11.3 Å². The second-order valence-corrected chi connectivity index (χ2v) is 7.94. The Labute approximate surface area is 190 Å². The minimum atomic E-state index is -4.57. The minimum absolute atomic E-state index is 0.239. The number of aromatic nitrogens is 5. The molecule has 1 aliphatic heterocycles. The second kappa shape index (κ2) is 9.47. The number of fused-ring (bicyclic) bond motifs is 1. The van der Waals surface area contributed by atoms with Gasteiger partial charge in [0.15, 0.2) is 5.69 Å². The Balaban J connectivity index is 0.000000197. The number of alkyl halides is 6. The fourth-order valence-electron chi connectivity index (χ4n) is 3.41. The molecule has 0 bridgehead atoms.